The van der Waals surface area contributed by atoms with Crippen LogP contribution >= 0.6 is 0 Å². The van der Waals surface area contributed by atoms with E-state index in [9.17, 15) is 10.4 Å². The summed E-state index contributed by atoms with van der Waals surface area (Å²) in [6, 6.07) is 3.70. The van der Waals surface area contributed by atoms with Gasteiger partial charge in [-0.2, -0.15) is 0 Å². The van der Waals surface area contributed by atoms with Crippen molar-refractivity contribution in [3.63, 3.8) is 0 Å². The van der Waals surface area contributed by atoms with Crippen LogP contribution < -0.4 is 14.9 Å². The summed E-state index contributed by atoms with van der Waals surface area (Å²) in [5.41, 5.74) is 2.96. The minimum Gasteiger partial charge on any atom is -0.739 e. The van der Waals surface area contributed by atoms with Crippen molar-refractivity contribution in [3.05, 3.63) is 33.7 Å². The maximum Gasteiger partial charge on any atom is 0.461 e. The average Bonchev–Trinajstić information content (AvgIpc) is 2.50. The van der Waals surface area contributed by atoms with Crippen LogP contribution in [-0.2, 0) is 12.8 Å². The number of nitrogens with one attached hydrogen (secondary N) is 1. The molecule has 2 aromatic rings. The number of aryl methyl sites for hydroxylation is 2. The van der Waals surface area contributed by atoms with Crippen molar-refractivity contribution in [3.8, 4) is 0 Å². The van der Waals surface area contributed by atoms with Gasteiger partial charge in [0, 0.05) is 17.0 Å². The summed E-state index contributed by atoms with van der Waals surface area (Å²) in [6.45, 7) is 1.31. The zero-order valence-electron chi connectivity index (χ0n) is 13.0. The number of hydrogen-bond donors (Lipinski definition) is 1. The van der Waals surface area contributed by atoms with Gasteiger partial charge >= 0.3 is 11.5 Å². The first-order valence-corrected chi connectivity index (χ1v) is 7.64. The predicted octanol–water partition coefficient (Wildman–Crippen LogP) is 0.354. The van der Waals surface area contributed by atoms with Gasteiger partial charge in [-0.3, -0.25) is 5.32 Å². The highest BCUT2D eigenvalue weighted by atomic mass is 16.5. The molecule has 1 aliphatic rings. The molecule has 1 aromatic heterocycles. The second kappa shape index (κ2) is 5.92. The van der Waals surface area contributed by atoms with Crippen molar-refractivity contribution in [1.29, 1.82) is 0 Å². The Balaban J connectivity index is 2.02. The van der Waals surface area contributed by atoms with Gasteiger partial charge in [-0.1, -0.05) is 6.07 Å². The maximum atomic E-state index is 12.5. The first-order valence-electron chi connectivity index (χ1n) is 7.64. The minimum absolute atomic E-state index is 0.0557. The van der Waals surface area contributed by atoms with Crippen LogP contribution in [0.5, 0.6) is 0 Å². The Morgan fingerprint density at radius 2 is 2.00 bits per heavy atom. The Labute approximate surface area is 129 Å². The summed E-state index contributed by atoms with van der Waals surface area (Å²) in [5.74, 6) is 0.0557. The molecule has 0 radical (unpaired) electrons. The molecule has 0 atom stereocenters. The van der Waals surface area contributed by atoms with Crippen LogP contribution in [0.4, 0.5) is 5.95 Å². The van der Waals surface area contributed by atoms with Crippen LogP contribution in [0.1, 0.15) is 24.0 Å². The molecule has 1 aliphatic carbocycles. The van der Waals surface area contributed by atoms with E-state index in [4.69, 9.17) is 0 Å². The second-order valence-corrected chi connectivity index (χ2v) is 6.00. The van der Waals surface area contributed by atoms with Crippen LogP contribution in [0.2, 0.25) is 0 Å². The normalized spacial score (nSPS) is 14.3. The Morgan fingerprint density at radius 1 is 1.23 bits per heavy atom. The lowest BCUT2D eigenvalue weighted by Gasteiger charge is -2.17. The van der Waals surface area contributed by atoms with Crippen LogP contribution in [0.25, 0.3) is 11.0 Å². The molecule has 0 saturated carbocycles. The van der Waals surface area contributed by atoms with Crippen molar-refractivity contribution < 1.29 is 9.58 Å². The van der Waals surface area contributed by atoms with E-state index in [0.29, 0.717) is 22.4 Å². The molecule has 0 bridgehead atoms. The molecule has 0 amide bonds. The van der Waals surface area contributed by atoms with E-state index in [2.05, 4.69) is 10.4 Å². The third-order valence-corrected chi connectivity index (χ3v) is 4.11. The third-order valence-electron chi connectivity index (χ3n) is 4.11. The molecule has 1 aromatic carbocycles. The molecule has 1 N–H and O–H groups in total. The van der Waals surface area contributed by atoms with Crippen molar-refractivity contribution in [2.45, 2.75) is 25.7 Å². The minimum atomic E-state index is 0.0557. The van der Waals surface area contributed by atoms with Gasteiger partial charge in [-0.15, -0.1) is 0 Å². The number of nitrogens with zero attached hydrogens (tertiary/aromatic N) is 4. The number of anilines is 1. The van der Waals surface area contributed by atoms with Crippen LogP contribution in [0, 0.1) is 10.4 Å². The van der Waals surface area contributed by atoms with Crippen molar-refractivity contribution >= 4 is 17.0 Å². The molecule has 0 unspecified atom stereocenters. The molecule has 1 heterocycles. The quantitative estimate of drug-likeness (QED) is 0.651. The highest BCUT2D eigenvalue weighted by Gasteiger charge is 2.26. The Hall–Kier alpha value is -2.15. The van der Waals surface area contributed by atoms with Gasteiger partial charge < -0.3 is 15.3 Å². The van der Waals surface area contributed by atoms with E-state index in [-0.39, 0.29) is 5.95 Å². The van der Waals surface area contributed by atoms with Gasteiger partial charge in [0.25, 0.3) is 0 Å². The molecule has 3 rings (SSSR count). The SMILES string of the molecule is CN(C)CCNc1n[n+]([O-])c2c3c(ccc2[n+]1[O-])CCCC3. The van der Waals surface area contributed by atoms with Crippen molar-refractivity contribution in [2.24, 2.45) is 0 Å². The number of aromatic nitrogens is 3. The van der Waals surface area contributed by atoms with Gasteiger partial charge in [-0.25, -0.2) is 4.73 Å². The lowest BCUT2D eigenvalue weighted by molar-refractivity contribution is -0.672. The van der Waals surface area contributed by atoms with E-state index in [0.717, 1.165) is 42.5 Å². The largest absolute Gasteiger partial charge is 0.739 e. The third kappa shape index (κ3) is 2.64. The van der Waals surface area contributed by atoms with Gasteiger partial charge in [-0.05, 0) is 51.4 Å². The fourth-order valence-corrected chi connectivity index (χ4v) is 2.96. The standard InChI is InChI=1S/C15H21N5O2/c1-18(2)10-9-16-15-17-20(22)14-12-6-4-3-5-11(12)7-8-13(14)19(15)21/h7-8H,3-6,9-10H2,1-2H3,(H,16,17). The lowest BCUT2D eigenvalue weighted by Crippen LogP contribution is -2.45. The molecule has 0 saturated heterocycles. The van der Waals surface area contributed by atoms with Gasteiger partial charge in [0.1, 0.15) is 0 Å². The number of hydrogen-bond acceptors (Lipinski definition) is 5. The van der Waals surface area contributed by atoms with E-state index in [1.807, 2.05) is 25.1 Å². The smallest absolute Gasteiger partial charge is 0.461 e. The number of rotatable bonds is 4. The van der Waals surface area contributed by atoms with E-state index in [1.54, 1.807) is 6.07 Å². The van der Waals surface area contributed by atoms with E-state index < -0.39 is 0 Å². The summed E-state index contributed by atoms with van der Waals surface area (Å²) in [4.78, 5) is 2.59. The number of fused-ring (bicyclic) bond motifs is 3. The Kier molecular flexibility index (Phi) is 3.98. The highest BCUT2D eigenvalue weighted by Crippen LogP contribution is 2.25. The summed E-state index contributed by atoms with van der Waals surface area (Å²) in [5, 5.41) is 31.6. The van der Waals surface area contributed by atoms with Crippen molar-refractivity contribution in [2.75, 3.05) is 32.5 Å². The molecular weight excluding hydrogens is 282 g/mol. The molecule has 118 valence electrons. The predicted molar refractivity (Wildman–Crippen MR) is 83.3 cm³/mol. The lowest BCUT2D eigenvalue weighted by atomic mass is 9.91. The monoisotopic (exact) mass is 303 g/mol. The summed E-state index contributed by atoms with van der Waals surface area (Å²) >= 11 is 0. The fourth-order valence-electron chi connectivity index (χ4n) is 2.96. The zero-order valence-corrected chi connectivity index (χ0v) is 13.0. The fraction of sp³-hybridized carbons (Fsp3) is 0.533. The topological polar surface area (TPSA) is 82.0 Å². The first-order chi connectivity index (χ1) is 10.6. The molecule has 0 aliphatic heterocycles. The van der Waals surface area contributed by atoms with Crippen molar-refractivity contribution in [1.82, 2.24) is 10.00 Å². The zero-order chi connectivity index (χ0) is 15.7. The average molecular weight is 303 g/mol. The maximum absolute atomic E-state index is 12.5. The molecule has 22 heavy (non-hydrogen) atoms. The molecule has 0 fully saturated rings. The summed E-state index contributed by atoms with van der Waals surface area (Å²) < 4.78 is 0.730. The van der Waals surface area contributed by atoms with Gasteiger partial charge in [0.2, 0.25) is 5.10 Å². The second-order valence-electron chi connectivity index (χ2n) is 6.00. The summed E-state index contributed by atoms with van der Waals surface area (Å²) in [7, 11) is 3.89. The van der Waals surface area contributed by atoms with E-state index in [1.165, 1.54) is 5.56 Å². The van der Waals surface area contributed by atoms with Crippen LogP contribution in [-0.4, -0.2) is 37.2 Å². The van der Waals surface area contributed by atoms with Gasteiger partial charge in [0.05, 0.1) is 6.54 Å². The number of likely N-dealkylation sites (N-methyl/N-ethyl adjacent to an activating group) is 1. The first kappa shape index (κ1) is 14.8. The highest BCUT2D eigenvalue weighted by molar-refractivity contribution is 5.74. The molecular formula is C15H21N5O2. The Bertz CT molecular complexity index is 702. The number of benzene rings is 1. The van der Waals surface area contributed by atoms with E-state index >= 15 is 0 Å². The summed E-state index contributed by atoms with van der Waals surface area (Å²) in [6.07, 6.45) is 3.98. The Morgan fingerprint density at radius 3 is 2.77 bits per heavy atom. The molecule has 0 spiro atoms. The molecule has 7 nitrogen and oxygen atoms in total. The van der Waals surface area contributed by atoms with Crippen LogP contribution in [0.15, 0.2) is 12.1 Å². The molecule has 7 heteroatoms. The van der Waals surface area contributed by atoms with Crippen LogP contribution in [0.3, 0.4) is 0 Å². The van der Waals surface area contributed by atoms with Gasteiger partial charge in [0.15, 0.2) is 5.52 Å².